The van der Waals surface area contributed by atoms with Crippen LogP contribution in [0.3, 0.4) is 0 Å². The van der Waals surface area contributed by atoms with Crippen LogP contribution in [-0.4, -0.2) is 48.1 Å². The molecule has 1 unspecified atom stereocenters. The van der Waals surface area contributed by atoms with Crippen LogP contribution in [0.4, 0.5) is 0 Å². The van der Waals surface area contributed by atoms with Crippen molar-refractivity contribution >= 4 is 19.6 Å². The van der Waals surface area contributed by atoms with Crippen molar-refractivity contribution in [1.82, 2.24) is 0 Å². The summed E-state index contributed by atoms with van der Waals surface area (Å²) < 4.78 is 8.66. The van der Waals surface area contributed by atoms with Crippen molar-refractivity contribution in [3.63, 3.8) is 0 Å². The largest absolute Gasteiger partial charge is 0.790 e. The summed E-state index contributed by atoms with van der Waals surface area (Å²) in [6.07, 6.45) is 41.1. The Morgan fingerprint density at radius 3 is 1.10 bits per heavy atom. The fourth-order valence-electron chi connectivity index (χ4n) is 6.55. The lowest BCUT2D eigenvalue weighted by molar-refractivity contribution is -0.834. The summed E-state index contributed by atoms with van der Waals surface area (Å²) in [4.78, 5) is 50.2. The van der Waals surface area contributed by atoms with Crippen LogP contribution in [-0.2, 0) is 14.2 Å². The van der Waals surface area contributed by atoms with Gasteiger partial charge in [0.2, 0.25) is 0 Å². The third-order valence-corrected chi connectivity index (χ3v) is 9.66. The summed E-state index contributed by atoms with van der Waals surface area (Å²) in [6, 6.07) is 0. The molecule has 0 aromatic heterocycles. The number of amides is 2. The van der Waals surface area contributed by atoms with Gasteiger partial charge in [-0.05, 0) is 12.8 Å². The number of quaternary nitrogens is 2. The van der Waals surface area contributed by atoms with Gasteiger partial charge in [0.15, 0.2) is 0 Å². The summed E-state index contributed by atoms with van der Waals surface area (Å²) in [5, 5.41) is 11.2. The number of carbonyl (C=O) groups is 2. The second-order valence-corrected chi connectivity index (χ2v) is 15.5. The summed E-state index contributed by atoms with van der Waals surface area (Å²) in [5.74, 6) is 0.435. The summed E-state index contributed by atoms with van der Waals surface area (Å²) in [6.45, 7) is 6.30. The number of hydrogen-bond donors (Lipinski definition) is 4. The van der Waals surface area contributed by atoms with Crippen LogP contribution in [0.1, 0.15) is 219 Å². The standard InChI is InChI=1S/C40H80N2O3.H3O4P/c1-3-5-7-9-11-13-15-17-19-21-23-25-27-29-31-33-39(44)41-35-36-42(37-38-43)40(45)34-32-30-28-26-24-22-20-18-16-14-12-10-8-6-4-2;1-5(2,3)4/h43H,3-38H2,1-2H3,(H,41,44);(H3,1,2,3,4). The number of unbranched alkanes of at least 4 members (excludes halogenated alkanes) is 28. The van der Waals surface area contributed by atoms with Gasteiger partial charge in [0.25, 0.3) is 0 Å². The van der Waals surface area contributed by atoms with Gasteiger partial charge >= 0.3 is 11.8 Å². The highest BCUT2D eigenvalue weighted by Crippen LogP contribution is 2.15. The average Bonchev–Trinajstić information content (AvgIpc) is 3.07. The SMILES string of the molecule is CCCCCCCCCCCCCCCCCC(=O)[NH2+]CC[NH+](CCO)C(=O)CCCCCCCCCCCCCCCCC.O=P([O-])([O-])O. The van der Waals surface area contributed by atoms with E-state index in [0.29, 0.717) is 32.5 Å². The van der Waals surface area contributed by atoms with Gasteiger partial charge in [0.05, 0.1) is 27.3 Å². The molecule has 9 nitrogen and oxygen atoms in total. The van der Waals surface area contributed by atoms with Crippen LogP contribution < -0.4 is 20.0 Å². The lowest BCUT2D eigenvalue weighted by Gasteiger charge is -2.19. The van der Waals surface area contributed by atoms with Crippen molar-refractivity contribution in [3.05, 3.63) is 0 Å². The molecule has 0 saturated heterocycles. The molecule has 0 heterocycles. The lowest BCUT2D eigenvalue weighted by Crippen LogP contribution is -3.17. The maximum atomic E-state index is 12.7. The zero-order chi connectivity index (χ0) is 37.4. The molecule has 2 amide bonds. The third kappa shape index (κ3) is 47.3. The van der Waals surface area contributed by atoms with E-state index >= 15 is 0 Å². The maximum absolute atomic E-state index is 12.7. The Labute approximate surface area is 308 Å². The van der Waals surface area contributed by atoms with E-state index in [4.69, 9.17) is 19.2 Å². The first-order valence-corrected chi connectivity index (χ1v) is 22.7. The third-order valence-electron chi connectivity index (χ3n) is 9.66. The monoisotopic (exact) mass is 735 g/mol. The van der Waals surface area contributed by atoms with Gasteiger partial charge in [0.1, 0.15) is 19.6 Å². The van der Waals surface area contributed by atoms with E-state index in [9.17, 15) is 14.7 Å². The number of nitrogens with one attached hydrogen (secondary N) is 1. The first kappa shape index (κ1) is 51.4. The van der Waals surface area contributed by atoms with E-state index < -0.39 is 7.82 Å². The highest BCUT2D eigenvalue weighted by Gasteiger charge is 2.19. The van der Waals surface area contributed by atoms with E-state index in [1.165, 1.54) is 167 Å². The van der Waals surface area contributed by atoms with Crippen LogP contribution in [0, 0.1) is 0 Å². The predicted octanol–water partition coefficient (Wildman–Crippen LogP) is 6.81. The van der Waals surface area contributed by atoms with Gasteiger partial charge < -0.3 is 24.4 Å². The van der Waals surface area contributed by atoms with E-state index in [2.05, 4.69) is 13.8 Å². The maximum Gasteiger partial charge on any atom is 0.312 e. The Morgan fingerprint density at radius 2 is 0.800 bits per heavy atom. The predicted molar refractivity (Wildman–Crippen MR) is 204 cm³/mol. The average molecular weight is 735 g/mol. The highest BCUT2D eigenvalue weighted by atomic mass is 31.2. The van der Waals surface area contributed by atoms with E-state index in [1.807, 2.05) is 0 Å². The van der Waals surface area contributed by atoms with Crippen LogP contribution >= 0.6 is 7.82 Å². The number of phosphoric acid groups is 1. The Bertz CT molecular complexity index is 758. The molecule has 0 rings (SSSR count). The van der Waals surface area contributed by atoms with Crippen LogP contribution in [0.2, 0.25) is 0 Å². The van der Waals surface area contributed by atoms with E-state index in [-0.39, 0.29) is 18.4 Å². The molecule has 0 aliphatic carbocycles. The number of aliphatic hydroxyl groups is 1. The topological polar surface area (TPSA) is 159 Å². The highest BCUT2D eigenvalue weighted by molar-refractivity contribution is 7.42. The molecule has 0 aromatic carbocycles. The minimum Gasteiger partial charge on any atom is -0.790 e. The molecule has 1 atom stereocenters. The molecular formula is C40H83N2O7P. The molecule has 0 aliphatic rings. The fraction of sp³-hybridized carbons (Fsp3) is 0.950. The molecule has 5 N–H and O–H groups in total. The van der Waals surface area contributed by atoms with Crippen molar-refractivity contribution in [2.24, 2.45) is 0 Å². The first-order chi connectivity index (χ1) is 24.2. The van der Waals surface area contributed by atoms with Gasteiger partial charge in [0, 0.05) is 0 Å². The summed E-state index contributed by atoms with van der Waals surface area (Å²) >= 11 is 0. The molecule has 0 fully saturated rings. The first-order valence-electron chi connectivity index (χ1n) is 21.2. The minimum absolute atomic E-state index is 0.0208. The van der Waals surface area contributed by atoms with Crippen molar-refractivity contribution in [2.45, 2.75) is 219 Å². The molecule has 0 aliphatic heterocycles. The molecule has 0 radical (unpaired) electrons. The number of nitrogens with two attached hydrogens (primary N) is 1. The van der Waals surface area contributed by atoms with Crippen molar-refractivity contribution < 1.29 is 44.2 Å². The van der Waals surface area contributed by atoms with Crippen LogP contribution in [0.25, 0.3) is 0 Å². The minimum atomic E-state index is -5.14. The molecule has 300 valence electrons. The number of hydrogen-bond acceptors (Lipinski definition) is 6. The van der Waals surface area contributed by atoms with E-state index in [0.717, 1.165) is 30.6 Å². The molecular weight excluding hydrogens is 651 g/mol. The number of carbonyl (C=O) groups excluding carboxylic acids is 2. The molecule has 0 saturated carbocycles. The zero-order valence-corrected chi connectivity index (χ0v) is 33.8. The van der Waals surface area contributed by atoms with Crippen LogP contribution in [0.15, 0.2) is 0 Å². The Hall–Kier alpha value is -0.670. The van der Waals surface area contributed by atoms with Crippen molar-refractivity contribution in [1.29, 1.82) is 0 Å². The van der Waals surface area contributed by atoms with Crippen molar-refractivity contribution in [2.75, 3.05) is 26.2 Å². The molecule has 0 spiro atoms. The van der Waals surface area contributed by atoms with Gasteiger partial charge in [-0.25, -0.2) is 9.59 Å². The van der Waals surface area contributed by atoms with Gasteiger partial charge in [-0.1, -0.05) is 194 Å². The van der Waals surface area contributed by atoms with Gasteiger partial charge in [-0.3, -0.25) is 10.2 Å². The van der Waals surface area contributed by atoms with Gasteiger partial charge in [-0.15, -0.1) is 0 Å². The second kappa shape index (κ2) is 41.1. The van der Waals surface area contributed by atoms with Gasteiger partial charge in [-0.2, -0.15) is 0 Å². The molecule has 0 bridgehead atoms. The Morgan fingerprint density at radius 1 is 0.520 bits per heavy atom. The smallest absolute Gasteiger partial charge is 0.312 e. The summed E-state index contributed by atoms with van der Waals surface area (Å²) in [5.41, 5.74) is 0. The summed E-state index contributed by atoms with van der Waals surface area (Å²) in [7, 11) is -5.14. The molecule has 10 heteroatoms. The normalized spacial score (nSPS) is 12.1. The Balaban J connectivity index is 0. The lowest BCUT2D eigenvalue weighted by atomic mass is 10.0. The molecule has 0 aromatic rings. The van der Waals surface area contributed by atoms with Crippen LogP contribution in [0.5, 0.6) is 0 Å². The fourth-order valence-corrected chi connectivity index (χ4v) is 6.55. The Kier molecular flexibility index (Phi) is 42.3. The number of primary amides is 1. The van der Waals surface area contributed by atoms with E-state index in [1.54, 1.807) is 5.32 Å². The number of aliphatic hydroxyl groups excluding tert-OH is 1. The quantitative estimate of drug-likeness (QED) is 0.0403. The second-order valence-electron chi connectivity index (χ2n) is 14.6. The molecule has 50 heavy (non-hydrogen) atoms. The van der Waals surface area contributed by atoms with Crippen molar-refractivity contribution in [3.8, 4) is 0 Å². The number of rotatable bonds is 37. The zero-order valence-electron chi connectivity index (χ0n) is 32.9.